The van der Waals surface area contributed by atoms with Gasteiger partial charge in [-0.1, -0.05) is 0 Å². The SMILES string of the molecule is CNC1C[C@@H]2C[C@H](C1)[N+]2(C)C. The van der Waals surface area contributed by atoms with E-state index >= 15 is 0 Å². The molecule has 2 aliphatic heterocycles. The van der Waals surface area contributed by atoms with Crippen LogP contribution in [0.2, 0.25) is 0 Å². The molecule has 0 aromatic rings. The molecule has 0 aromatic heterocycles. The topological polar surface area (TPSA) is 12.0 Å². The normalized spacial score (nSPS) is 46.6. The van der Waals surface area contributed by atoms with Crippen molar-refractivity contribution in [1.29, 1.82) is 0 Å². The van der Waals surface area contributed by atoms with Gasteiger partial charge in [0, 0.05) is 18.9 Å². The number of hydrogen-bond donors (Lipinski definition) is 1. The Morgan fingerprint density at radius 3 is 2.00 bits per heavy atom. The van der Waals surface area contributed by atoms with Crippen LogP contribution in [0.1, 0.15) is 19.3 Å². The van der Waals surface area contributed by atoms with E-state index in [0.29, 0.717) is 0 Å². The van der Waals surface area contributed by atoms with Crippen molar-refractivity contribution in [3.63, 3.8) is 0 Å². The van der Waals surface area contributed by atoms with Gasteiger partial charge in [0.25, 0.3) is 0 Å². The molecule has 2 saturated heterocycles. The van der Waals surface area contributed by atoms with Gasteiger partial charge in [0.15, 0.2) is 0 Å². The van der Waals surface area contributed by atoms with Crippen LogP contribution in [-0.4, -0.2) is 43.8 Å². The van der Waals surface area contributed by atoms with Crippen LogP contribution in [0, 0.1) is 0 Å². The van der Waals surface area contributed by atoms with Gasteiger partial charge in [0.2, 0.25) is 0 Å². The second-order valence-electron chi connectivity index (χ2n) is 4.63. The molecule has 1 N–H and O–H groups in total. The summed E-state index contributed by atoms with van der Waals surface area (Å²) in [5, 5.41) is 3.39. The fourth-order valence-corrected chi connectivity index (χ4v) is 2.74. The quantitative estimate of drug-likeness (QED) is 0.546. The van der Waals surface area contributed by atoms with E-state index in [2.05, 4.69) is 26.5 Å². The molecule has 2 nitrogen and oxygen atoms in total. The van der Waals surface area contributed by atoms with Crippen LogP contribution in [0.3, 0.4) is 0 Å². The molecule has 0 radical (unpaired) electrons. The van der Waals surface area contributed by atoms with E-state index in [1.807, 2.05) is 0 Å². The molecular weight excluding hydrogens is 136 g/mol. The number of nitrogens with zero attached hydrogens (tertiary/aromatic N) is 1. The molecule has 3 fully saturated rings. The van der Waals surface area contributed by atoms with Crippen LogP contribution in [0.15, 0.2) is 0 Å². The van der Waals surface area contributed by atoms with Gasteiger partial charge in [0.05, 0.1) is 32.6 Å². The smallest absolute Gasteiger partial charge is 0.0960 e. The number of quaternary nitrogens is 1. The Morgan fingerprint density at radius 2 is 1.64 bits per heavy atom. The van der Waals surface area contributed by atoms with Gasteiger partial charge < -0.3 is 9.80 Å². The van der Waals surface area contributed by atoms with Crippen molar-refractivity contribution < 1.29 is 4.48 Å². The monoisotopic (exact) mass is 155 g/mol. The summed E-state index contributed by atoms with van der Waals surface area (Å²) in [4.78, 5) is 0. The van der Waals surface area contributed by atoms with E-state index < -0.39 is 0 Å². The number of hydrogen-bond acceptors (Lipinski definition) is 1. The third kappa shape index (κ3) is 0.926. The van der Waals surface area contributed by atoms with Gasteiger partial charge >= 0.3 is 0 Å². The van der Waals surface area contributed by atoms with Gasteiger partial charge in [-0.25, -0.2) is 0 Å². The Labute approximate surface area is 69.2 Å². The van der Waals surface area contributed by atoms with E-state index in [-0.39, 0.29) is 0 Å². The maximum atomic E-state index is 3.39. The predicted molar refractivity (Wildman–Crippen MR) is 46.4 cm³/mol. The molecule has 1 saturated carbocycles. The Bertz CT molecular complexity index is 151. The summed E-state index contributed by atoms with van der Waals surface area (Å²) < 4.78 is 1.29. The zero-order chi connectivity index (χ0) is 8.06. The molecular formula is C9H19N2+. The third-order valence-electron chi connectivity index (χ3n) is 3.95. The van der Waals surface area contributed by atoms with E-state index in [0.717, 1.165) is 18.1 Å². The highest BCUT2D eigenvalue weighted by atomic mass is 15.4. The summed E-state index contributed by atoms with van der Waals surface area (Å²) in [6.07, 6.45) is 4.26. The van der Waals surface area contributed by atoms with Crippen molar-refractivity contribution in [1.82, 2.24) is 5.32 Å². The van der Waals surface area contributed by atoms with Crippen molar-refractivity contribution in [3.05, 3.63) is 0 Å². The fourth-order valence-electron chi connectivity index (χ4n) is 2.74. The Morgan fingerprint density at radius 1 is 1.09 bits per heavy atom. The first-order chi connectivity index (χ1) is 5.14. The second kappa shape index (κ2) is 2.20. The number of nitrogens with one attached hydrogen (secondary N) is 1. The zero-order valence-electron chi connectivity index (χ0n) is 7.80. The number of fused-ring (bicyclic) bond motifs is 2. The number of rotatable bonds is 1. The molecule has 1 unspecified atom stereocenters. The standard InChI is InChI=1S/C9H19N2/c1-10-7-4-8-6-9(5-7)11(8,2)3/h7-10H,4-6H2,1-3H3/q+1/t7?,8-,9+. The van der Waals surface area contributed by atoms with Crippen molar-refractivity contribution in [3.8, 4) is 0 Å². The highest BCUT2D eigenvalue weighted by Crippen LogP contribution is 2.42. The lowest BCUT2D eigenvalue weighted by Crippen LogP contribution is -2.72. The lowest BCUT2D eigenvalue weighted by molar-refractivity contribution is -0.987. The van der Waals surface area contributed by atoms with E-state index in [4.69, 9.17) is 0 Å². The Kier molecular flexibility index (Phi) is 1.52. The maximum absolute atomic E-state index is 3.39. The summed E-state index contributed by atoms with van der Waals surface area (Å²) in [6.45, 7) is 0. The van der Waals surface area contributed by atoms with Gasteiger partial charge in [-0.2, -0.15) is 0 Å². The molecule has 1 aliphatic carbocycles. The maximum Gasteiger partial charge on any atom is 0.0960 e. The highest BCUT2D eigenvalue weighted by Gasteiger charge is 2.53. The van der Waals surface area contributed by atoms with E-state index in [9.17, 15) is 0 Å². The van der Waals surface area contributed by atoms with Crippen molar-refractivity contribution in [2.75, 3.05) is 21.1 Å². The predicted octanol–water partition coefficient (Wildman–Crippen LogP) is 0.586. The first-order valence-corrected chi connectivity index (χ1v) is 4.65. The molecule has 2 heteroatoms. The van der Waals surface area contributed by atoms with Gasteiger partial charge in [-0.15, -0.1) is 0 Å². The average Bonchev–Trinajstić information content (AvgIpc) is 2.04. The third-order valence-corrected chi connectivity index (χ3v) is 3.95. The summed E-state index contributed by atoms with van der Waals surface area (Å²) in [7, 11) is 6.85. The minimum atomic E-state index is 0.810. The first kappa shape index (κ1) is 7.56. The lowest BCUT2D eigenvalue weighted by atomic mass is 9.75. The molecule has 2 bridgehead atoms. The Balaban J connectivity index is 2.02. The fraction of sp³-hybridized carbons (Fsp3) is 1.00. The largest absolute Gasteiger partial charge is 0.323 e. The molecule has 3 rings (SSSR count). The van der Waals surface area contributed by atoms with Gasteiger partial charge in [0.1, 0.15) is 0 Å². The van der Waals surface area contributed by atoms with Gasteiger partial charge in [-0.05, 0) is 7.05 Å². The molecule has 3 atom stereocenters. The summed E-state index contributed by atoms with van der Waals surface area (Å²) in [5.74, 6) is 0. The molecule has 0 spiro atoms. The van der Waals surface area contributed by atoms with E-state index in [1.54, 1.807) is 0 Å². The molecule has 11 heavy (non-hydrogen) atoms. The van der Waals surface area contributed by atoms with Crippen molar-refractivity contribution in [2.24, 2.45) is 0 Å². The molecule has 3 aliphatic rings. The van der Waals surface area contributed by atoms with Crippen LogP contribution >= 0.6 is 0 Å². The summed E-state index contributed by atoms with van der Waals surface area (Å²) >= 11 is 0. The molecule has 0 aromatic carbocycles. The second-order valence-corrected chi connectivity index (χ2v) is 4.63. The Hall–Kier alpha value is -0.0800. The molecule has 64 valence electrons. The summed E-state index contributed by atoms with van der Waals surface area (Å²) in [6, 6.07) is 2.71. The molecule has 0 amide bonds. The van der Waals surface area contributed by atoms with Crippen molar-refractivity contribution in [2.45, 2.75) is 37.4 Å². The lowest BCUT2D eigenvalue weighted by Gasteiger charge is -2.59. The van der Waals surface area contributed by atoms with Crippen LogP contribution in [0.25, 0.3) is 0 Å². The van der Waals surface area contributed by atoms with Crippen molar-refractivity contribution >= 4 is 0 Å². The average molecular weight is 155 g/mol. The highest BCUT2D eigenvalue weighted by molar-refractivity contribution is 4.91. The van der Waals surface area contributed by atoms with Crippen LogP contribution < -0.4 is 5.32 Å². The van der Waals surface area contributed by atoms with E-state index in [1.165, 1.54) is 23.7 Å². The minimum absolute atomic E-state index is 0.810. The first-order valence-electron chi connectivity index (χ1n) is 4.65. The number of piperidine rings is 1. The van der Waals surface area contributed by atoms with Gasteiger partial charge in [-0.3, -0.25) is 0 Å². The van der Waals surface area contributed by atoms with Crippen LogP contribution in [0.5, 0.6) is 0 Å². The van der Waals surface area contributed by atoms with Crippen LogP contribution in [-0.2, 0) is 0 Å². The summed E-state index contributed by atoms with van der Waals surface area (Å²) in [5.41, 5.74) is 0. The van der Waals surface area contributed by atoms with Crippen LogP contribution in [0.4, 0.5) is 0 Å². The zero-order valence-corrected chi connectivity index (χ0v) is 7.80. The minimum Gasteiger partial charge on any atom is -0.323 e. The molecule has 2 heterocycles.